The Labute approximate surface area is 97.0 Å². The predicted molar refractivity (Wildman–Crippen MR) is 62.4 cm³/mol. The Morgan fingerprint density at radius 2 is 2.06 bits per heavy atom. The van der Waals surface area contributed by atoms with Gasteiger partial charge in [0.1, 0.15) is 6.04 Å². The summed E-state index contributed by atoms with van der Waals surface area (Å²) in [4.78, 5) is 13.3. The average molecular weight is 226 g/mol. The van der Waals surface area contributed by atoms with Gasteiger partial charge in [-0.2, -0.15) is 0 Å². The SMILES string of the molecule is CNC(CCN1CC2CCCC2C1)C(=O)O. The monoisotopic (exact) mass is 226 g/mol. The standard InChI is InChI=1S/C12H22N2O2/c1-13-11(12(15)16)5-6-14-7-9-3-2-4-10(9)8-14/h9-11,13H,2-8H2,1H3,(H,15,16). The first-order chi connectivity index (χ1) is 7.70. The van der Waals surface area contributed by atoms with Crippen LogP contribution in [-0.4, -0.2) is 48.7 Å². The molecule has 0 aromatic rings. The molecule has 1 saturated carbocycles. The van der Waals surface area contributed by atoms with Crippen molar-refractivity contribution in [2.45, 2.75) is 31.7 Å². The maximum atomic E-state index is 10.9. The smallest absolute Gasteiger partial charge is 0.320 e. The van der Waals surface area contributed by atoms with Gasteiger partial charge < -0.3 is 15.3 Å². The molecule has 4 heteroatoms. The number of likely N-dealkylation sites (tertiary alicyclic amines) is 1. The molecule has 3 atom stereocenters. The van der Waals surface area contributed by atoms with Gasteiger partial charge >= 0.3 is 5.97 Å². The van der Waals surface area contributed by atoms with Crippen LogP contribution in [0.15, 0.2) is 0 Å². The number of nitrogens with one attached hydrogen (secondary N) is 1. The second kappa shape index (κ2) is 5.15. The van der Waals surface area contributed by atoms with Crippen LogP contribution in [0.25, 0.3) is 0 Å². The fourth-order valence-corrected chi connectivity index (χ4v) is 3.22. The summed E-state index contributed by atoms with van der Waals surface area (Å²) in [6, 6.07) is -0.388. The summed E-state index contributed by atoms with van der Waals surface area (Å²) >= 11 is 0. The third-order valence-electron chi connectivity index (χ3n) is 4.18. The fourth-order valence-electron chi connectivity index (χ4n) is 3.22. The van der Waals surface area contributed by atoms with Crippen molar-refractivity contribution < 1.29 is 9.90 Å². The lowest BCUT2D eigenvalue weighted by atomic mass is 10.0. The molecule has 92 valence electrons. The molecule has 4 nitrogen and oxygen atoms in total. The first-order valence-electron chi connectivity index (χ1n) is 6.33. The Bertz CT molecular complexity index is 245. The Balaban J connectivity index is 1.73. The van der Waals surface area contributed by atoms with Gasteiger partial charge in [0.15, 0.2) is 0 Å². The van der Waals surface area contributed by atoms with Gasteiger partial charge in [0.25, 0.3) is 0 Å². The third kappa shape index (κ3) is 2.55. The quantitative estimate of drug-likeness (QED) is 0.727. The molecule has 3 unspecified atom stereocenters. The maximum Gasteiger partial charge on any atom is 0.320 e. The van der Waals surface area contributed by atoms with Gasteiger partial charge in [-0.1, -0.05) is 6.42 Å². The minimum Gasteiger partial charge on any atom is -0.480 e. The van der Waals surface area contributed by atoms with Crippen LogP contribution in [0.5, 0.6) is 0 Å². The topological polar surface area (TPSA) is 52.6 Å². The highest BCUT2D eigenvalue weighted by molar-refractivity contribution is 5.73. The van der Waals surface area contributed by atoms with E-state index in [-0.39, 0.29) is 6.04 Å². The highest BCUT2D eigenvalue weighted by Crippen LogP contribution is 2.37. The molecule has 1 aliphatic heterocycles. The van der Waals surface area contributed by atoms with E-state index < -0.39 is 5.97 Å². The number of likely N-dealkylation sites (N-methyl/N-ethyl adjacent to an activating group) is 1. The Hall–Kier alpha value is -0.610. The van der Waals surface area contributed by atoms with Gasteiger partial charge in [-0.05, 0) is 38.1 Å². The number of carboxylic acids is 1. The number of nitrogens with zero attached hydrogens (tertiary/aromatic N) is 1. The zero-order valence-corrected chi connectivity index (χ0v) is 9.98. The van der Waals surface area contributed by atoms with E-state index in [1.165, 1.54) is 32.4 Å². The van der Waals surface area contributed by atoms with Crippen LogP contribution in [0.4, 0.5) is 0 Å². The van der Waals surface area contributed by atoms with Gasteiger partial charge in [0.2, 0.25) is 0 Å². The van der Waals surface area contributed by atoms with E-state index in [1.807, 2.05) is 0 Å². The van der Waals surface area contributed by atoms with Crippen molar-refractivity contribution in [2.75, 3.05) is 26.7 Å². The summed E-state index contributed by atoms with van der Waals surface area (Å²) in [7, 11) is 1.72. The van der Waals surface area contributed by atoms with Crippen molar-refractivity contribution in [1.82, 2.24) is 10.2 Å². The van der Waals surface area contributed by atoms with Crippen molar-refractivity contribution in [3.05, 3.63) is 0 Å². The molecule has 0 radical (unpaired) electrons. The van der Waals surface area contributed by atoms with Crippen molar-refractivity contribution in [3.8, 4) is 0 Å². The fraction of sp³-hybridized carbons (Fsp3) is 0.917. The van der Waals surface area contributed by atoms with E-state index in [2.05, 4.69) is 10.2 Å². The van der Waals surface area contributed by atoms with Crippen LogP contribution in [0.2, 0.25) is 0 Å². The Morgan fingerprint density at radius 1 is 1.44 bits per heavy atom. The number of carbonyl (C=O) groups is 1. The van der Waals surface area contributed by atoms with Crippen LogP contribution in [0.3, 0.4) is 0 Å². The van der Waals surface area contributed by atoms with Crippen LogP contribution in [0, 0.1) is 11.8 Å². The number of rotatable bonds is 5. The van der Waals surface area contributed by atoms with Gasteiger partial charge in [0.05, 0.1) is 0 Å². The van der Waals surface area contributed by atoms with E-state index >= 15 is 0 Å². The van der Waals surface area contributed by atoms with E-state index in [1.54, 1.807) is 7.05 Å². The van der Waals surface area contributed by atoms with E-state index in [0.717, 1.165) is 18.4 Å². The molecule has 0 amide bonds. The lowest BCUT2D eigenvalue weighted by Gasteiger charge is -2.19. The Morgan fingerprint density at radius 3 is 2.56 bits per heavy atom. The molecule has 2 fully saturated rings. The van der Waals surface area contributed by atoms with E-state index in [9.17, 15) is 4.79 Å². The molecule has 16 heavy (non-hydrogen) atoms. The molecule has 1 saturated heterocycles. The molecule has 0 bridgehead atoms. The first-order valence-corrected chi connectivity index (χ1v) is 6.33. The second-order valence-corrected chi connectivity index (χ2v) is 5.18. The minimum absolute atomic E-state index is 0.388. The summed E-state index contributed by atoms with van der Waals surface area (Å²) in [6.45, 7) is 3.31. The Kier molecular flexibility index (Phi) is 3.82. The van der Waals surface area contributed by atoms with E-state index in [4.69, 9.17) is 5.11 Å². The third-order valence-corrected chi connectivity index (χ3v) is 4.18. The first kappa shape index (κ1) is 11.9. The number of carboxylic acid groups (broad SMARTS) is 1. The summed E-state index contributed by atoms with van der Waals surface area (Å²) < 4.78 is 0. The molecular formula is C12H22N2O2. The van der Waals surface area contributed by atoms with Crippen LogP contribution in [-0.2, 0) is 4.79 Å². The molecule has 1 aliphatic carbocycles. The largest absolute Gasteiger partial charge is 0.480 e. The minimum atomic E-state index is -0.734. The highest BCUT2D eigenvalue weighted by atomic mass is 16.4. The second-order valence-electron chi connectivity index (χ2n) is 5.18. The lowest BCUT2D eigenvalue weighted by Crippen LogP contribution is -2.37. The number of hydrogen-bond donors (Lipinski definition) is 2. The van der Waals surface area contributed by atoms with Crippen LogP contribution < -0.4 is 5.32 Å². The van der Waals surface area contributed by atoms with Gasteiger partial charge in [0, 0.05) is 19.6 Å². The number of aliphatic carboxylic acids is 1. The number of fused-ring (bicyclic) bond motifs is 1. The van der Waals surface area contributed by atoms with Crippen molar-refractivity contribution >= 4 is 5.97 Å². The highest BCUT2D eigenvalue weighted by Gasteiger charge is 2.35. The van der Waals surface area contributed by atoms with Crippen LogP contribution in [0.1, 0.15) is 25.7 Å². The summed E-state index contributed by atoms with van der Waals surface area (Å²) in [5.41, 5.74) is 0. The molecule has 1 heterocycles. The zero-order chi connectivity index (χ0) is 11.5. The van der Waals surface area contributed by atoms with Gasteiger partial charge in [-0.15, -0.1) is 0 Å². The molecular weight excluding hydrogens is 204 g/mol. The summed E-state index contributed by atoms with van der Waals surface area (Å²) in [6.07, 6.45) is 4.88. The van der Waals surface area contributed by atoms with Crippen molar-refractivity contribution in [3.63, 3.8) is 0 Å². The molecule has 0 spiro atoms. The predicted octanol–water partition coefficient (Wildman–Crippen LogP) is 0.781. The van der Waals surface area contributed by atoms with Gasteiger partial charge in [-0.25, -0.2) is 0 Å². The summed E-state index contributed by atoms with van der Waals surface area (Å²) in [5, 5.41) is 11.8. The van der Waals surface area contributed by atoms with Crippen molar-refractivity contribution in [2.24, 2.45) is 11.8 Å². The maximum absolute atomic E-state index is 10.9. The van der Waals surface area contributed by atoms with Crippen LogP contribution >= 0.6 is 0 Å². The average Bonchev–Trinajstić information content (AvgIpc) is 2.77. The number of hydrogen-bond acceptors (Lipinski definition) is 3. The normalized spacial score (nSPS) is 31.6. The lowest BCUT2D eigenvalue weighted by molar-refractivity contribution is -0.139. The molecule has 0 aromatic carbocycles. The molecule has 2 aliphatic rings. The van der Waals surface area contributed by atoms with E-state index in [0.29, 0.717) is 6.42 Å². The van der Waals surface area contributed by atoms with Crippen molar-refractivity contribution in [1.29, 1.82) is 0 Å². The zero-order valence-electron chi connectivity index (χ0n) is 9.98. The molecule has 0 aromatic heterocycles. The van der Waals surface area contributed by atoms with Gasteiger partial charge in [-0.3, -0.25) is 4.79 Å². The summed E-state index contributed by atoms with van der Waals surface area (Å²) in [5.74, 6) is 1.07. The molecule has 2 N–H and O–H groups in total. The molecule has 2 rings (SSSR count).